The van der Waals surface area contributed by atoms with E-state index in [1.54, 1.807) is 0 Å². The fourth-order valence-corrected chi connectivity index (χ4v) is 4.23. The number of nitrogens with two attached hydrogens (primary N) is 1. The Morgan fingerprint density at radius 1 is 1.12 bits per heavy atom. The molecule has 1 aromatic carbocycles. The van der Waals surface area contributed by atoms with Crippen LogP contribution in [0.1, 0.15) is 30.7 Å². The van der Waals surface area contributed by atoms with Crippen molar-refractivity contribution >= 4 is 5.69 Å². The van der Waals surface area contributed by atoms with Crippen LogP contribution in [0.2, 0.25) is 0 Å². The van der Waals surface area contributed by atoms with E-state index in [9.17, 15) is 15.8 Å². The largest absolute Gasteiger partial charge is 0.399 e. The minimum Gasteiger partial charge on any atom is -0.399 e. The molecule has 2 aliphatic carbocycles. The second-order valence-electron chi connectivity index (χ2n) is 7.09. The van der Waals surface area contributed by atoms with Gasteiger partial charge in [0.1, 0.15) is 6.07 Å². The molecule has 0 fully saturated rings. The van der Waals surface area contributed by atoms with Gasteiger partial charge in [-0.3, -0.25) is 0 Å². The molecule has 0 heterocycles. The lowest BCUT2D eigenvalue weighted by molar-refractivity contribution is 0.317. The Labute approximate surface area is 154 Å². The van der Waals surface area contributed by atoms with Crippen molar-refractivity contribution in [1.29, 1.82) is 15.8 Å². The summed E-state index contributed by atoms with van der Waals surface area (Å²) < 4.78 is 0. The maximum atomic E-state index is 9.97. The van der Waals surface area contributed by atoms with Crippen molar-refractivity contribution in [3.8, 4) is 18.2 Å². The third kappa shape index (κ3) is 2.43. The molecule has 5 heteroatoms. The minimum absolute atomic E-state index is 0.0461. The summed E-state index contributed by atoms with van der Waals surface area (Å²) in [4.78, 5) is 2.00. The molecule has 0 radical (unpaired) electrons. The molecule has 1 aromatic rings. The highest BCUT2D eigenvalue weighted by Gasteiger charge is 2.53. The van der Waals surface area contributed by atoms with Gasteiger partial charge in [-0.25, -0.2) is 0 Å². The van der Waals surface area contributed by atoms with E-state index in [4.69, 9.17) is 5.73 Å². The molecule has 0 spiro atoms. The smallest absolute Gasteiger partial charge is 0.191 e. The van der Waals surface area contributed by atoms with Crippen molar-refractivity contribution in [1.82, 2.24) is 0 Å². The van der Waals surface area contributed by atoms with Crippen molar-refractivity contribution in [2.24, 2.45) is 17.1 Å². The molecular formula is C21H21N5. The Morgan fingerprint density at radius 2 is 1.77 bits per heavy atom. The summed E-state index contributed by atoms with van der Waals surface area (Å²) in [6.45, 7) is 0. The van der Waals surface area contributed by atoms with E-state index in [-0.39, 0.29) is 17.5 Å². The molecule has 2 atom stereocenters. The Bertz CT molecular complexity index is 886. The molecule has 0 aromatic heterocycles. The Balaban J connectivity index is 2.25. The van der Waals surface area contributed by atoms with E-state index in [0.29, 0.717) is 5.57 Å². The summed E-state index contributed by atoms with van der Waals surface area (Å²) in [5.41, 5.74) is 8.02. The fraction of sp³-hybridized carbons (Fsp3) is 0.381. The predicted octanol–water partition coefficient (Wildman–Crippen LogP) is 3.35. The van der Waals surface area contributed by atoms with Gasteiger partial charge in [-0.05, 0) is 48.4 Å². The van der Waals surface area contributed by atoms with Gasteiger partial charge in [-0.15, -0.1) is 0 Å². The summed E-state index contributed by atoms with van der Waals surface area (Å²) in [6.07, 6.45) is 4.77. The van der Waals surface area contributed by atoms with Crippen LogP contribution in [0.15, 0.2) is 47.2 Å². The van der Waals surface area contributed by atoms with Crippen molar-refractivity contribution in [3.05, 3.63) is 52.7 Å². The molecule has 0 saturated heterocycles. The lowest BCUT2D eigenvalue weighted by Gasteiger charge is -2.43. The first-order chi connectivity index (χ1) is 12.5. The molecule has 0 aliphatic heterocycles. The number of fused-ring (bicyclic) bond motifs is 1. The van der Waals surface area contributed by atoms with Crippen LogP contribution in [0, 0.1) is 45.3 Å². The van der Waals surface area contributed by atoms with Crippen LogP contribution in [-0.2, 0) is 0 Å². The lowest BCUT2D eigenvalue weighted by atomic mass is 9.57. The van der Waals surface area contributed by atoms with Crippen LogP contribution < -0.4 is 10.6 Å². The van der Waals surface area contributed by atoms with E-state index in [0.717, 1.165) is 36.1 Å². The van der Waals surface area contributed by atoms with Crippen molar-refractivity contribution in [2.75, 3.05) is 19.0 Å². The summed E-state index contributed by atoms with van der Waals surface area (Å²) in [5.74, 6) is -0.424. The quantitative estimate of drug-likeness (QED) is 0.887. The van der Waals surface area contributed by atoms with Gasteiger partial charge in [0.05, 0.1) is 23.4 Å². The first-order valence-electron chi connectivity index (χ1n) is 8.70. The molecule has 0 bridgehead atoms. The van der Waals surface area contributed by atoms with Gasteiger partial charge in [0, 0.05) is 25.7 Å². The zero-order chi connectivity index (χ0) is 18.9. The maximum Gasteiger partial charge on any atom is 0.191 e. The standard InChI is InChI=1S/C21H21N5/c1-26(2)15-9-7-14(8-10-15)19-17-6-4-3-5-16(17)18(11-22)20(25)21(19,12-23)13-24/h5,7-10,17,19H,3-4,6,25H2,1-2H3/t17-,19-/m1/s1. The average Bonchev–Trinajstić information content (AvgIpc) is 2.67. The van der Waals surface area contributed by atoms with Gasteiger partial charge < -0.3 is 10.6 Å². The SMILES string of the molecule is CN(C)c1ccc([C@@H]2[C@@H]3CCCC=C3C(C#N)=C(N)C2(C#N)C#N)cc1. The van der Waals surface area contributed by atoms with Crippen molar-refractivity contribution in [3.63, 3.8) is 0 Å². The normalized spacial score (nSPS) is 23.7. The number of hydrogen-bond acceptors (Lipinski definition) is 5. The van der Waals surface area contributed by atoms with Crippen LogP contribution in [0.3, 0.4) is 0 Å². The number of benzene rings is 1. The molecule has 5 nitrogen and oxygen atoms in total. The summed E-state index contributed by atoms with van der Waals surface area (Å²) in [5, 5.41) is 29.6. The van der Waals surface area contributed by atoms with E-state index in [1.165, 1.54) is 0 Å². The Hall–Kier alpha value is -3.23. The molecule has 2 aliphatic rings. The summed E-state index contributed by atoms with van der Waals surface area (Å²) in [7, 11) is 3.93. The van der Waals surface area contributed by atoms with Gasteiger partial charge in [-0.2, -0.15) is 15.8 Å². The number of anilines is 1. The summed E-state index contributed by atoms with van der Waals surface area (Å²) in [6, 6.07) is 14.4. The van der Waals surface area contributed by atoms with Gasteiger partial charge in [0.2, 0.25) is 0 Å². The number of allylic oxidation sites excluding steroid dienone is 4. The van der Waals surface area contributed by atoms with Gasteiger partial charge in [0.15, 0.2) is 5.41 Å². The molecule has 0 amide bonds. The second kappa shape index (κ2) is 6.58. The first kappa shape index (κ1) is 17.6. The maximum absolute atomic E-state index is 9.97. The highest BCUT2D eigenvalue weighted by Crippen LogP contribution is 2.55. The van der Waals surface area contributed by atoms with Crippen molar-refractivity contribution < 1.29 is 0 Å². The molecule has 130 valence electrons. The highest BCUT2D eigenvalue weighted by atomic mass is 15.1. The number of nitriles is 3. The topological polar surface area (TPSA) is 101 Å². The highest BCUT2D eigenvalue weighted by molar-refractivity contribution is 5.59. The second-order valence-corrected chi connectivity index (χ2v) is 7.09. The number of hydrogen-bond donors (Lipinski definition) is 1. The Morgan fingerprint density at radius 3 is 2.31 bits per heavy atom. The number of rotatable bonds is 2. The third-order valence-corrected chi connectivity index (χ3v) is 5.57. The van der Waals surface area contributed by atoms with Crippen LogP contribution in [0.5, 0.6) is 0 Å². The molecule has 0 unspecified atom stereocenters. The zero-order valence-electron chi connectivity index (χ0n) is 15.0. The Kier molecular flexibility index (Phi) is 4.45. The average molecular weight is 343 g/mol. The molecule has 3 rings (SSSR count). The van der Waals surface area contributed by atoms with Gasteiger partial charge >= 0.3 is 0 Å². The molecule has 2 N–H and O–H groups in total. The van der Waals surface area contributed by atoms with Crippen LogP contribution >= 0.6 is 0 Å². The molecule has 26 heavy (non-hydrogen) atoms. The molecular weight excluding hydrogens is 322 g/mol. The lowest BCUT2D eigenvalue weighted by Crippen LogP contribution is -2.42. The van der Waals surface area contributed by atoms with E-state index in [2.05, 4.69) is 24.3 Å². The van der Waals surface area contributed by atoms with Gasteiger partial charge in [0.25, 0.3) is 0 Å². The van der Waals surface area contributed by atoms with Crippen LogP contribution in [0.25, 0.3) is 0 Å². The van der Waals surface area contributed by atoms with E-state index < -0.39 is 5.41 Å². The first-order valence-corrected chi connectivity index (χ1v) is 8.70. The molecule has 0 saturated carbocycles. The van der Waals surface area contributed by atoms with Gasteiger partial charge in [-0.1, -0.05) is 18.2 Å². The van der Waals surface area contributed by atoms with E-state index in [1.807, 2.05) is 43.3 Å². The monoisotopic (exact) mass is 343 g/mol. The number of nitrogens with zero attached hydrogens (tertiary/aromatic N) is 4. The summed E-state index contributed by atoms with van der Waals surface area (Å²) >= 11 is 0. The van der Waals surface area contributed by atoms with E-state index >= 15 is 0 Å². The van der Waals surface area contributed by atoms with Crippen molar-refractivity contribution in [2.45, 2.75) is 25.2 Å². The van der Waals surface area contributed by atoms with Crippen LogP contribution in [0.4, 0.5) is 5.69 Å². The fourth-order valence-electron chi connectivity index (χ4n) is 4.23. The minimum atomic E-state index is -1.52. The zero-order valence-corrected chi connectivity index (χ0v) is 15.0. The van der Waals surface area contributed by atoms with Crippen LogP contribution in [-0.4, -0.2) is 14.1 Å². The predicted molar refractivity (Wildman–Crippen MR) is 99.4 cm³/mol. The third-order valence-electron chi connectivity index (χ3n) is 5.57.